The molecule has 1 N–H and O–H groups in total. The number of aromatic amines is 1. The lowest BCUT2D eigenvalue weighted by atomic mass is 9.81. The molecule has 0 bridgehead atoms. The zero-order valence-corrected chi connectivity index (χ0v) is 7.59. The average Bonchev–Trinajstić information content (AvgIpc) is 2.58. The van der Waals surface area contributed by atoms with Crippen molar-refractivity contribution in [2.45, 2.75) is 38.5 Å². The third-order valence-corrected chi connectivity index (χ3v) is 2.98. The van der Waals surface area contributed by atoms with E-state index in [4.69, 9.17) is 0 Å². The van der Waals surface area contributed by atoms with E-state index in [2.05, 4.69) is 23.2 Å². The van der Waals surface area contributed by atoms with E-state index >= 15 is 0 Å². The summed E-state index contributed by atoms with van der Waals surface area (Å²) >= 11 is 0. The van der Waals surface area contributed by atoms with Gasteiger partial charge < -0.3 is 0 Å². The summed E-state index contributed by atoms with van der Waals surface area (Å²) in [6, 6.07) is 2.11. The van der Waals surface area contributed by atoms with Gasteiger partial charge in [-0.25, -0.2) is 0 Å². The molecule has 0 saturated heterocycles. The van der Waals surface area contributed by atoms with Gasteiger partial charge in [-0.3, -0.25) is 5.10 Å². The smallest absolute Gasteiger partial charge is 0.0490 e. The first-order chi connectivity index (χ1) is 5.86. The Labute approximate surface area is 73.4 Å². The summed E-state index contributed by atoms with van der Waals surface area (Å²) in [5.41, 5.74) is 1.34. The Morgan fingerprint density at radius 2 is 2.08 bits per heavy atom. The van der Waals surface area contributed by atoms with Gasteiger partial charge in [0, 0.05) is 17.8 Å². The number of H-pyrrole nitrogens is 1. The first kappa shape index (κ1) is 7.84. The fourth-order valence-electron chi connectivity index (χ4n) is 2.07. The second kappa shape index (κ2) is 3.30. The lowest BCUT2D eigenvalue weighted by Crippen LogP contribution is -2.10. The number of hydrogen-bond acceptors (Lipinski definition) is 1. The van der Waals surface area contributed by atoms with E-state index in [1.54, 1.807) is 0 Å². The van der Waals surface area contributed by atoms with Crippen molar-refractivity contribution >= 4 is 0 Å². The SMILES string of the molecule is CC1CCC(c2ccn[nH]2)CC1. The highest BCUT2D eigenvalue weighted by molar-refractivity contribution is 5.06. The summed E-state index contributed by atoms with van der Waals surface area (Å²) in [5, 5.41) is 7.06. The summed E-state index contributed by atoms with van der Waals surface area (Å²) in [6.45, 7) is 2.35. The molecule has 1 aromatic heterocycles. The van der Waals surface area contributed by atoms with E-state index < -0.39 is 0 Å². The van der Waals surface area contributed by atoms with Crippen LogP contribution in [0.25, 0.3) is 0 Å². The molecule has 1 aliphatic rings. The van der Waals surface area contributed by atoms with Gasteiger partial charge in [-0.05, 0) is 24.8 Å². The van der Waals surface area contributed by atoms with Crippen LogP contribution in [0.4, 0.5) is 0 Å². The largest absolute Gasteiger partial charge is 0.282 e. The predicted octanol–water partition coefficient (Wildman–Crippen LogP) is 2.70. The van der Waals surface area contributed by atoms with E-state index in [-0.39, 0.29) is 0 Å². The minimum atomic E-state index is 0.753. The summed E-state index contributed by atoms with van der Waals surface area (Å²) in [4.78, 5) is 0. The molecule has 0 spiro atoms. The minimum absolute atomic E-state index is 0.753. The molecule has 0 unspecified atom stereocenters. The summed E-state index contributed by atoms with van der Waals surface area (Å²) in [5.74, 6) is 1.69. The molecule has 0 aromatic carbocycles. The fourth-order valence-corrected chi connectivity index (χ4v) is 2.07. The molecule has 1 fully saturated rings. The van der Waals surface area contributed by atoms with Crippen LogP contribution in [0.5, 0.6) is 0 Å². The molecule has 1 heterocycles. The molecular formula is C10H16N2. The Bertz CT molecular complexity index is 220. The topological polar surface area (TPSA) is 28.7 Å². The first-order valence-electron chi connectivity index (χ1n) is 4.85. The van der Waals surface area contributed by atoms with Crippen molar-refractivity contribution in [3.63, 3.8) is 0 Å². The Morgan fingerprint density at radius 3 is 2.67 bits per heavy atom. The molecule has 1 saturated carbocycles. The maximum absolute atomic E-state index is 3.99. The van der Waals surface area contributed by atoms with Gasteiger partial charge in [-0.15, -0.1) is 0 Å². The maximum atomic E-state index is 3.99. The van der Waals surface area contributed by atoms with Gasteiger partial charge in [-0.2, -0.15) is 5.10 Å². The van der Waals surface area contributed by atoms with Crippen molar-refractivity contribution in [3.05, 3.63) is 18.0 Å². The number of rotatable bonds is 1. The van der Waals surface area contributed by atoms with Crippen molar-refractivity contribution in [1.29, 1.82) is 0 Å². The van der Waals surface area contributed by atoms with E-state index in [1.807, 2.05) is 6.20 Å². The molecule has 12 heavy (non-hydrogen) atoms. The van der Waals surface area contributed by atoms with Crippen LogP contribution in [0, 0.1) is 5.92 Å². The van der Waals surface area contributed by atoms with Crippen LogP contribution in [-0.2, 0) is 0 Å². The fraction of sp³-hybridized carbons (Fsp3) is 0.700. The molecule has 2 nitrogen and oxygen atoms in total. The van der Waals surface area contributed by atoms with Crippen molar-refractivity contribution in [2.75, 3.05) is 0 Å². The number of nitrogens with zero attached hydrogens (tertiary/aromatic N) is 1. The zero-order valence-electron chi connectivity index (χ0n) is 7.59. The van der Waals surface area contributed by atoms with Gasteiger partial charge in [0.25, 0.3) is 0 Å². The molecule has 2 rings (SSSR count). The molecule has 2 heteroatoms. The molecule has 0 aliphatic heterocycles. The first-order valence-corrected chi connectivity index (χ1v) is 4.85. The van der Waals surface area contributed by atoms with Gasteiger partial charge in [-0.1, -0.05) is 19.8 Å². The lowest BCUT2D eigenvalue weighted by Gasteiger charge is -2.24. The van der Waals surface area contributed by atoms with E-state index in [9.17, 15) is 0 Å². The van der Waals surface area contributed by atoms with Crippen molar-refractivity contribution < 1.29 is 0 Å². The van der Waals surface area contributed by atoms with Crippen LogP contribution in [0.15, 0.2) is 12.3 Å². The van der Waals surface area contributed by atoms with Crippen LogP contribution >= 0.6 is 0 Å². The quantitative estimate of drug-likeness (QED) is 0.679. The molecule has 0 radical (unpaired) electrons. The number of nitrogens with one attached hydrogen (secondary N) is 1. The Kier molecular flexibility index (Phi) is 2.15. The highest BCUT2D eigenvalue weighted by Gasteiger charge is 2.20. The normalized spacial score (nSPS) is 30.4. The van der Waals surface area contributed by atoms with Crippen LogP contribution in [0.2, 0.25) is 0 Å². The molecule has 1 aliphatic carbocycles. The van der Waals surface area contributed by atoms with Crippen LogP contribution in [-0.4, -0.2) is 10.2 Å². The van der Waals surface area contributed by atoms with Crippen LogP contribution in [0.1, 0.15) is 44.2 Å². The summed E-state index contributed by atoms with van der Waals surface area (Å²) < 4.78 is 0. The molecule has 0 amide bonds. The Balaban J connectivity index is 1.99. The van der Waals surface area contributed by atoms with E-state index in [0.717, 1.165) is 11.8 Å². The molecular weight excluding hydrogens is 148 g/mol. The highest BCUT2D eigenvalue weighted by Crippen LogP contribution is 2.34. The van der Waals surface area contributed by atoms with Gasteiger partial charge in [0.2, 0.25) is 0 Å². The third-order valence-electron chi connectivity index (χ3n) is 2.98. The minimum Gasteiger partial charge on any atom is -0.282 e. The van der Waals surface area contributed by atoms with Gasteiger partial charge >= 0.3 is 0 Å². The highest BCUT2D eigenvalue weighted by atomic mass is 15.1. The van der Waals surface area contributed by atoms with Crippen molar-refractivity contribution in [2.24, 2.45) is 5.92 Å². The second-order valence-electron chi connectivity index (χ2n) is 3.97. The molecule has 1 aromatic rings. The van der Waals surface area contributed by atoms with Crippen molar-refractivity contribution in [3.8, 4) is 0 Å². The molecule has 0 atom stereocenters. The third kappa shape index (κ3) is 1.52. The van der Waals surface area contributed by atoms with Crippen LogP contribution < -0.4 is 0 Å². The number of hydrogen-bond donors (Lipinski definition) is 1. The monoisotopic (exact) mass is 164 g/mol. The maximum Gasteiger partial charge on any atom is 0.0490 e. The Morgan fingerprint density at radius 1 is 1.33 bits per heavy atom. The Hall–Kier alpha value is -0.790. The standard InChI is InChI=1S/C10H16N2/c1-8-2-4-9(5-3-8)10-6-7-11-12-10/h6-9H,2-5H2,1H3,(H,11,12). The molecule has 66 valence electrons. The van der Waals surface area contributed by atoms with Gasteiger partial charge in [0.05, 0.1) is 0 Å². The van der Waals surface area contributed by atoms with Crippen molar-refractivity contribution in [1.82, 2.24) is 10.2 Å². The summed E-state index contributed by atoms with van der Waals surface area (Å²) in [6.07, 6.45) is 7.29. The predicted molar refractivity (Wildman–Crippen MR) is 49.0 cm³/mol. The lowest BCUT2D eigenvalue weighted by molar-refractivity contribution is 0.344. The average molecular weight is 164 g/mol. The number of aromatic nitrogens is 2. The summed E-state index contributed by atoms with van der Waals surface area (Å²) in [7, 11) is 0. The van der Waals surface area contributed by atoms with Gasteiger partial charge in [0.15, 0.2) is 0 Å². The second-order valence-corrected chi connectivity index (χ2v) is 3.97. The van der Waals surface area contributed by atoms with Gasteiger partial charge in [0.1, 0.15) is 0 Å². The van der Waals surface area contributed by atoms with Crippen LogP contribution in [0.3, 0.4) is 0 Å². The van der Waals surface area contributed by atoms with E-state index in [0.29, 0.717) is 0 Å². The van der Waals surface area contributed by atoms with E-state index in [1.165, 1.54) is 31.4 Å². The zero-order chi connectivity index (χ0) is 8.39.